The lowest BCUT2D eigenvalue weighted by Crippen LogP contribution is -2.27. The molecule has 0 aliphatic rings. The number of aryl methyl sites for hydroxylation is 1. The van der Waals surface area contributed by atoms with Gasteiger partial charge >= 0.3 is 0 Å². The molecule has 0 bridgehead atoms. The number of imidazole rings is 1. The highest BCUT2D eigenvalue weighted by Crippen LogP contribution is 2.09. The average Bonchev–Trinajstić information content (AvgIpc) is 2.90. The molecule has 0 unspecified atom stereocenters. The standard InChI is InChI=1S/C15H15N5O2/c1-9-8-13(21)20-12(17-9)6-7-16-15(22)14-18-10-4-2-3-5-11(10)19-14/h2-5,8H,6-7H2,1H3,(H,16,22)(H,18,19)(H,17,20,21). The molecule has 0 radical (unpaired) electrons. The second-order valence-corrected chi connectivity index (χ2v) is 4.94. The van der Waals surface area contributed by atoms with E-state index in [1.807, 2.05) is 24.3 Å². The van der Waals surface area contributed by atoms with Crippen molar-refractivity contribution in [1.29, 1.82) is 0 Å². The molecule has 1 aromatic carbocycles. The second-order valence-electron chi connectivity index (χ2n) is 4.94. The van der Waals surface area contributed by atoms with Gasteiger partial charge < -0.3 is 15.3 Å². The number of nitrogens with one attached hydrogen (secondary N) is 3. The fraction of sp³-hybridized carbons (Fsp3) is 0.200. The van der Waals surface area contributed by atoms with Gasteiger partial charge in [0.1, 0.15) is 5.82 Å². The van der Waals surface area contributed by atoms with Crippen molar-refractivity contribution < 1.29 is 4.79 Å². The van der Waals surface area contributed by atoms with Crippen molar-refractivity contribution in [2.45, 2.75) is 13.3 Å². The number of carbonyl (C=O) groups is 1. The van der Waals surface area contributed by atoms with Crippen LogP contribution in [0.15, 0.2) is 35.1 Å². The van der Waals surface area contributed by atoms with Crippen molar-refractivity contribution in [1.82, 2.24) is 25.3 Å². The van der Waals surface area contributed by atoms with Crippen LogP contribution in [0.2, 0.25) is 0 Å². The Hall–Kier alpha value is -2.96. The van der Waals surface area contributed by atoms with E-state index >= 15 is 0 Å². The third kappa shape index (κ3) is 3.03. The molecule has 7 nitrogen and oxygen atoms in total. The number of fused-ring (bicyclic) bond motifs is 1. The van der Waals surface area contributed by atoms with Crippen molar-refractivity contribution in [3.05, 3.63) is 58.0 Å². The lowest BCUT2D eigenvalue weighted by atomic mass is 10.3. The van der Waals surface area contributed by atoms with Gasteiger partial charge in [-0.25, -0.2) is 9.97 Å². The molecule has 0 aliphatic carbocycles. The van der Waals surface area contributed by atoms with E-state index < -0.39 is 0 Å². The van der Waals surface area contributed by atoms with Crippen molar-refractivity contribution in [3.63, 3.8) is 0 Å². The van der Waals surface area contributed by atoms with Gasteiger partial charge in [-0.1, -0.05) is 12.1 Å². The van der Waals surface area contributed by atoms with E-state index in [9.17, 15) is 9.59 Å². The molecule has 1 amide bonds. The number of hydrogen-bond donors (Lipinski definition) is 3. The van der Waals surface area contributed by atoms with Crippen LogP contribution in [-0.4, -0.2) is 32.4 Å². The van der Waals surface area contributed by atoms with Crippen LogP contribution in [0.3, 0.4) is 0 Å². The first-order chi connectivity index (χ1) is 10.6. The van der Waals surface area contributed by atoms with Crippen molar-refractivity contribution in [3.8, 4) is 0 Å². The van der Waals surface area contributed by atoms with E-state index in [4.69, 9.17) is 0 Å². The van der Waals surface area contributed by atoms with Crippen LogP contribution in [0.5, 0.6) is 0 Å². The number of carbonyl (C=O) groups excluding carboxylic acids is 1. The summed E-state index contributed by atoms with van der Waals surface area (Å²) in [5.41, 5.74) is 2.03. The number of nitrogens with zero attached hydrogens (tertiary/aromatic N) is 2. The smallest absolute Gasteiger partial charge is 0.287 e. The van der Waals surface area contributed by atoms with Gasteiger partial charge in [0, 0.05) is 24.7 Å². The third-order valence-electron chi connectivity index (χ3n) is 3.17. The number of hydrogen-bond acceptors (Lipinski definition) is 4. The van der Waals surface area contributed by atoms with Crippen LogP contribution in [0.4, 0.5) is 0 Å². The van der Waals surface area contributed by atoms with Gasteiger partial charge in [-0.15, -0.1) is 0 Å². The first kappa shape index (κ1) is 14.0. The molecule has 0 aliphatic heterocycles. The minimum absolute atomic E-state index is 0.189. The highest BCUT2D eigenvalue weighted by atomic mass is 16.2. The second kappa shape index (κ2) is 5.80. The molecule has 2 aromatic heterocycles. The molecule has 112 valence electrons. The minimum atomic E-state index is -0.286. The van der Waals surface area contributed by atoms with Crippen molar-refractivity contribution in [2.24, 2.45) is 0 Å². The fourth-order valence-electron chi connectivity index (χ4n) is 2.20. The van der Waals surface area contributed by atoms with Crippen molar-refractivity contribution in [2.75, 3.05) is 6.54 Å². The van der Waals surface area contributed by atoms with Gasteiger partial charge in [0.05, 0.1) is 11.0 Å². The third-order valence-corrected chi connectivity index (χ3v) is 3.17. The zero-order valence-electron chi connectivity index (χ0n) is 12.0. The summed E-state index contributed by atoms with van der Waals surface area (Å²) in [6.07, 6.45) is 0.447. The highest BCUT2D eigenvalue weighted by molar-refractivity contribution is 5.94. The molecular weight excluding hydrogens is 282 g/mol. The molecule has 0 spiro atoms. The predicted molar refractivity (Wildman–Crippen MR) is 81.7 cm³/mol. The largest absolute Gasteiger partial charge is 0.349 e. The van der Waals surface area contributed by atoms with Gasteiger partial charge in [-0.05, 0) is 19.1 Å². The molecule has 2 heterocycles. The van der Waals surface area contributed by atoms with Crippen LogP contribution in [0, 0.1) is 6.92 Å². The first-order valence-corrected chi connectivity index (χ1v) is 6.91. The van der Waals surface area contributed by atoms with Crippen LogP contribution < -0.4 is 10.9 Å². The van der Waals surface area contributed by atoms with Crippen molar-refractivity contribution >= 4 is 16.9 Å². The minimum Gasteiger partial charge on any atom is -0.349 e. The summed E-state index contributed by atoms with van der Waals surface area (Å²) >= 11 is 0. The maximum Gasteiger partial charge on any atom is 0.287 e. The summed E-state index contributed by atoms with van der Waals surface area (Å²) in [4.78, 5) is 37.4. The Labute approximate surface area is 125 Å². The lowest BCUT2D eigenvalue weighted by molar-refractivity contribution is 0.0945. The number of para-hydroxylation sites is 2. The number of aromatic nitrogens is 4. The number of rotatable bonds is 4. The van der Waals surface area contributed by atoms with E-state index in [1.165, 1.54) is 6.07 Å². The maximum absolute atomic E-state index is 12.0. The Bertz CT molecular complexity index is 848. The summed E-state index contributed by atoms with van der Waals surface area (Å²) in [7, 11) is 0. The zero-order valence-corrected chi connectivity index (χ0v) is 12.0. The van der Waals surface area contributed by atoms with Gasteiger partial charge in [0.15, 0.2) is 5.82 Å². The number of benzene rings is 1. The molecule has 22 heavy (non-hydrogen) atoms. The van der Waals surface area contributed by atoms with E-state index in [-0.39, 0.29) is 17.3 Å². The van der Waals surface area contributed by atoms with E-state index in [0.717, 1.165) is 11.0 Å². The Balaban J connectivity index is 1.63. The van der Waals surface area contributed by atoms with Gasteiger partial charge in [-0.2, -0.15) is 0 Å². The predicted octanol–water partition coefficient (Wildman–Crippen LogP) is 0.927. The van der Waals surface area contributed by atoms with E-state index in [1.54, 1.807) is 6.92 Å². The SMILES string of the molecule is Cc1cc(=O)[nH]c(CCNC(=O)c2nc3ccccc3[nH]2)n1. The van der Waals surface area contributed by atoms with Gasteiger partial charge in [-0.3, -0.25) is 9.59 Å². The quantitative estimate of drug-likeness (QED) is 0.666. The zero-order chi connectivity index (χ0) is 15.5. The lowest BCUT2D eigenvalue weighted by Gasteiger charge is -2.03. The fourth-order valence-corrected chi connectivity index (χ4v) is 2.20. The Morgan fingerprint density at radius 2 is 2.05 bits per heavy atom. The first-order valence-electron chi connectivity index (χ1n) is 6.91. The monoisotopic (exact) mass is 297 g/mol. The molecule has 7 heteroatoms. The van der Waals surface area contributed by atoms with E-state index in [0.29, 0.717) is 24.5 Å². The summed E-state index contributed by atoms with van der Waals surface area (Å²) in [5.74, 6) is 0.535. The topological polar surface area (TPSA) is 104 Å². The van der Waals surface area contributed by atoms with Gasteiger partial charge in [0.2, 0.25) is 0 Å². The molecule has 0 fully saturated rings. The number of aromatic amines is 2. The van der Waals surface area contributed by atoms with Gasteiger partial charge in [0.25, 0.3) is 11.5 Å². The summed E-state index contributed by atoms with van der Waals surface area (Å²) in [6.45, 7) is 2.12. The highest BCUT2D eigenvalue weighted by Gasteiger charge is 2.10. The molecular formula is C15H15N5O2. The van der Waals surface area contributed by atoms with Crippen LogP contribution in [0.1, 0.15) is 22.1 Å². The summed E-state index contributed by atoms with van der Waals surface area (Å²) < 4.78 is 0. The number of amides is 1. The average molecular weight is 297 g/mol. The molecule has 3 N–H and O–H groups in total. The molecule has 3 aromatic rings. The number of H-pyrrole nitrogens is 2. The molecule has 3 rings (SSSR count). The Morgan fingerprint density at radius 3 is 2.82 bits per heavy atom. The normalized spacial score (nSPS) is 10.8. The summed E-state index contributed by atoms with van der Waals surface area (Å²) in [5, 5.41) is 2.75. The molecule has 0 saturated carbocycles. The Morgan fingerprint density at radius 1 is 1.23 bits per heavy atom. The van der Waals surface area contributed by atoms with Crippen LogP contribution >= 0.6 is 0 Å². The molecule has 0 saturated heterocycles. The molecule has 0 atom stereocenters. The Kier molecular flexibility index (Phi) is 3.69. The van der Waals surface area contributed by atoms with E-state index in [2.05, 4.69) is 25.3 Å². The maximum atomic E-state index is 12.0. The summed E-state index contributed by atoms with van der Waals surface area (Å²) in [6, 6.07) is 8.87. The van der Waals surface area contributed by atoms with Crippen LogP contribution in [0.25, 0.3) is 11.0 Å². The van der Waals surface area contributed by atoms with Crippen LogP contribution in [-0.2, 0) is 6.42 Å².